The standard InChI is InChI=1S/C21H11Cl2F3N2O2/c22-15-6-12(7-16(23)10-15)19-5-4-18(30-19)8-13(11-27)20(29)28-17-3-1-2-14(9-17)21(24,25)26/h1-10H,(H,28,29)/b13-8+. The highest BCUT2D eigenvalue weighted by atomic mass is 35.5. The number of carbonyl (C=O) groups excluding carboxylic acids is 1. The van der Waals surface area contributed by atoms with Gasteiger partial charge in [-0.2, -0.15) is 18.4 Å². The number of hydrogen-bond acceptors (Lipinski definition) is 3. The second kappa shape index (κ2) is 8.66. The van der Waals surface area contributed by atoms with E-state index in [1.54, 1.807) is 30.3 Å². The lowest BCUT2D eigenvalue weighted by Gasteiger charge is -2.09. The summed E-state index contributed by atoms with van der Waals surface area (Å²) in [4.78, 5) is 12.3. The van der Waals surface area contributed by atoms with Gasteiger partial charge in [-0.3, -0.25) is 4.79 Å². The Labute approximate surface area is 179 Å². The smallest absolute Gasteiger partial charge is 0.416 e. The summed E-state index contributed by atoms with van der Waals surface area (Å²) in [6.07, 6.45) is -3.37. The summed E-state index contributed by atoms with van der Waals surface area (Å²) in [6.45, 7) is 0. The lowest BCUT2D eigenvalue weighted by Crippen LogP contribution is -2.14. The molecule has 0 unspecified atom stereocenters. The number of alkyl halides is 3. The van der Waals surface area contributed by atoms with Crippen molar-refractivity contribution >= 4 is 40.9 Å². The molecule has 3 aromatic rings. The molecule has 152 valence electrons. The van der Waals surface area contributed by atoms with E-state index in [9.17, 15) is 23.2 Å². The van der Waals surface area contributed by atoms with Crippen LogP contribution in [0.4, 0.5) is 18.9 Å². The van der Waals surface area contributed by atoms with Crippen molar-refractivity contribution in [2.75, 3.05) is 5.32 Å². The van der Waals surface area contributed by atoms with Crippen LogP contribution in [0.25, 0.3) is 17.4 Å². The Morgan fingerprint density at radius 3 is 2.40 bits per heavy atom. The number of nitrogens with zero attached hydrogens (tertiary/aromatic N) is 1. The molecule has 0 spiro atoms. The van der Waals surface area contributed by atoms with Crippen LogP contribution in [0.15, 0.2) is 64.6 Å². The Morgan fingerprint density at radius 2 is 1.77 bits per heavy atom. The first kappa shape index (κ1) is 21.5. The van der Waals surface area contributed by atoms with Crippen molar-refractivity contribution in [2.45, 2.75) is 6.18 Å². The van der Waals surface area contributed by atoms with E-state index in [4.69, 9.17) is 27.6 Å². The molecule has 1 heterocycles. The van der Waals surface area contributed by atoms with Gasteiger partial charge in [-0.25, -0.2) is 0 Å². The van der Waals surface area contributed by atoms with Gasteiger partial charge in [-0.1, -0.05) is 29.3 Å². The number of furan rings is 1. The molecule has 0 aliphatic carbocycles. The van der Waals surface area contributed by atoms with Gasteiger partial charge in [0, 0.05) is 27.4 Å². The molecular weight excluding hydrogens is 440 g/mol. The molecule has 0 atom stereocenters. The number of halogens is 5. The summed E-state index contributed by atoms with van der Waals surface area (Å²) < 4.78 is 44.0. The van der Waals surface area contributed by atoms with Crippen LogP contribution in [0.5, 0.6) is 0 Å². The summed E-state index contributed by atoms with van der Waals surface area (Å²) in [5, 5.41) is 12.4. The first-order chi connectivity index (χ1) is 14.2. The minimum atomic E-state index is -4.55. The van der Waals surface area contributed by atoms with Crippen molar-refractivity contribution < 1.29 is 22.4 Å². The Kier molecular flexibility index (Phi) is 6.20. The van der Waals surface area contributed by atoms with E-state index in [1.165, 1.54) is 18.2 Å². The number of rotatable bonds is 4. The van der Waals surface area contributed by atoms with Gasteiger partial charge in [0.1, 0.15) is 23.2 Å². The molecule has 0 bridgehead atoms. The highest BCUT2D eigenvalue weighted by molar-refractivity contribution is 6.35. The maximum Gasteiger partial charge on any atom is 0.416 e. The number of hydrogen-bond donors (Lipinski definition) is 1. The number of amides is 1. The van der Waals surface area contributed by atoms with Gasteiger partial charge in [0.05, 0.1) is 5.56 Å². The zero-order valence-electron chi connectivity index (χ0n) is 14.9. The van der Waals surface area contributed by atoms with Gasteiger partial charge < -0.3 is 9.73 Å². The van der Waals surface area contributed by atoms with E-state index in [-0.39, 0.29) is 17.0 Å². The third-order valence-electron chi connectivity index (χ3n) is 3.87. The molecule has 0 fully saturated rings. The zero-order chi connectivity index (χ0) is 21.9. The molecule has 1 N–H and O–H groups in total. The van der Waals surface area contributed by atoms with Crippen LogP contribution in [0.3, 0.4) is 0 Å². The topological polar surface area (TPSA) is 66.0 Å². The van der Waals surface area contributed by atoms with Crippen LogP contribution >= 0.6 is 23.2 Å². The average molecular weight is 451 g/mol. The maximum absolute atomic E-state index is 12.8. The fourth-order valence-electron chi connectivity index (χ4n) is 2.54. The molecule has 0 saturated heterocycles. The van der Waals surface area contributed by atoms with E-state index < -0.39 is 17.6 Å². The Bertz CT molecular complexity index is 1160. The molecule has 1 aromatic heterocycles. The third kappa shape index (κ3) is 5.23. The van der Waals surface area contributed by atoms with E-state index in [2.05, 4.69) is 5.32 Å². The van der Waals surface area contributed by atoms with Crippen molar-refractivity contribution in [1.29, 1.82) is 5.26 Å². The molecule has 9 heteroatoms. The number of anilines is 1. The summed E-state index contributed by atoms with van der Waals surface area (Å²) in [7, 11) is 0. The monoisotopic (exact) mass is 450 g/mol. The molecule has 0 radical (unpaired) electrons. The second-order valence-corrected chi connectivity index (χ2v) is 6.94. The number of carbonyl (C=O) groups is 1. The average Bonchev–Trinajstić information content (AvgIpc) is 3.13. The Balaban J connectivity index is 1.82. The third-order valence-corrected chi connectivity index (χ3v) is 4.31. The van der Waals surface area contributed by atoms with Gasteiger partial charge >= 0.3 is 6.18 Å². The number of nitriles is 1. The lowest BCUT2D eigenvalue weighted by molar-refractivity contribution is -0.137. The number of nitrogens with one attached hydrogen (secondary N) is 1. The first-order valence-corrected chi connectivity index (χ1v) is 9.08. The van der Waals surface area contributed by atoms with Crippen molar-refractivity contribution in [3.8, 4) is 17.4 Å². The molecule has 0 aliphatic rings. The van der Waals surface area contributed by atoms with E-state index in [1.807, 2.05) is 0 Å². The van der Waals surface area contributed by atoms with Crippen molar-refractivity contribution in [2.24, 2.45) is 0 Å². The normalized spacial score (nSPS) is 11.8. The summed E-state index contributed by atoms with van der Waals surface area (Å²) >= 11 is 11.9. The molecule has 4 nitrogen and oxygen atoms in total. The SMILES string of the molecule is N#C/C(=C\c1ccc(-c2cc(Cl)cc(Cl)c2)o1)C(=O)Nc1cccc(C(F)(F)F)c1. The largest absolute Gasteiger partial charge is 0.457 e. The minimum Gasteiger partial charge on any atom is -0.457 e. The van der Waals surface area contributed by atoms with Crippen LogP contribution in [0.2, 0.25) is 10.0 Å². The van der Waals surface area contributed by atoms with Crippen molar-refractivity contribution in [1.82, 2.24) is 0 Å². The van der Waals surface area contributed by atoms with E-state index >= 15 is 0 Å². The van der Waals surface area contributed by atoms with Crippen molar-refractivity contribution in [3.63, 3.8) is 0 Å². The summed E-state index contributed by atoms with van der Waals surface area (Å²) in [5.41, 5.74) is -0.764. The van der Waals surface area contributed by atoms with Crippen LogP contribution in [0.1, 0.15) is 11.3 Å². The van der Waals surface area contributed by atoms with Crippen LogP contribution in [0, 0.1) is 11.3 Å². The Morgan fingerprint density at radius 1 is 1.07 bits per heavy atom. The predicted molar refractivity (Wildman–Crippen MR) is 108 cm³/mol. The zero-order valence-corrected chi connectivity index (χ0v) is 16.4. The molecule has 0 aliphatic heterocycles. The fraction of sp³-hybridized carbons (Fsp3) is 0.0476. The first-order valence-electron chi connectivity index (χ1n) is 8.32. The minimum absolute atomic E-state index is 0.0929. The van der Waals surface area contributed by atoms with Crippen molar-refractivity contribution in [3.05, 3.63) is 81.5 Å². The molecule has 30 heavy (non-hydrogen) atoms. The molecular formula is C21H11Cl2F3N2O2. The fourth-order valence-corrected chi connectivity index (χ4v) is 3.07. The van der Waals surface area contributed by atoms with Gasteiger partial charge in [0.2, 0.25) is 0 Å². The van der Waals surface area contributed by atoms with E-state index in [0.29, 0.717) is 21.4 Å². The predicted octanol–water partition coefficient (Wildman–Crippen LogP) is 6.82. The van der Waals surface area contributed by atoms with Gasteiger partial charge in [-0.15, -0.1) is 0 Å². The van der Waals surface area contributed by atoms with Gasteiger partial charge in [0.25, 0.3) is 5.91 Å². The molecule has 0 saturated carbocycles. The maximum atomic E-state index is 12.8. The van der Waals surface area contributed by atoms with Gasteiger partial charge in [0.15, 0.2) is 0 Å². The van der Waals surface area contributed by atoms with Gasteiger partial charge in [-0.05, 0) is 48.5 Å². The van der Waals surface area contributed by atoms with Crippen LogP contribution < -0.4 is 5.32 Å². The number of benzene rings is 2. The lowest BCUT2D eigenvalue weighted by atomic mass is 10.1. The quantitative estimate of drug-likeness (QED) is 0.350. The highest BCUT2D eigenvalue weighted by Gasteiger charge is 2.30. The Hall–Kier alpha value is -3.21. The highest BCUT2D eigenvalue weighted by Crippen LogP contribution is 2.31. The second-order valence-electron chi connectivity index (χ2n) is 6.06. The van der Waals surface area contributed by atoms with Crippen LogP contribution in [-0.2, 0) is 11.0 Å². The molecule has 3 rings (SSSR count). The molecule has 2 aromatic carbocycles. The van der Waals surface area contributed by atoms with E-state index in [0.717, 1.165) is 18.2 Å². The van der Waals surface area contributed by atoms with Crippen LogP contribution in [-0.4, -0.2) is 5.91 Å². The summed E-state index contributed by atoms with van der Waals surface area (Å²) in [6, 6.07) is 13.8. The summed E-state index contributed by atoms with van der Waals surface area (Å²) in [5.74, 6) is -0.279. The molecule has 1 amide bonds.